The molecule has 0 amide bonds. The van der Waals surface area contributed by atoms with Crippen molar-refractivity contribution in [2.75, 3.05) is 0 Å². The van der Waals surface area contributed by atoms with E-state index in [1.165, 1.54) is 22.4 Å². The molecule has 0 bridgehead atoms. The van der Waals surface area contributed by atoms with Crippen LogP contribution in [0.2, 0.25) is 0 Å². The van der Waals surface area contributed by atoms with Crippen LogP contribution in [0.1, 0.15) is 50.7 Å². The number of hydrogen-bond donors (Lipinski definition) is 0. The van der Waals surface area contributed by atoms with Crippen LogP contribution < -0.4 is 0 Å². The van der Waals surface area contributed by atoms with Gasteiger partial charge >= 0.3 is 0 Å². The van der Waals surface area contributed by atoms with Crippen molar-refractivity contribution in [3.8, 4) is 28.2 Å². The van der Waals surface area contributed by atoms with Crippen molar-refractivity contribution in [2.24, 2.45) is 0 Å². The SMILES string of the molecule is CC(C)c1cc(-c2cccc3c2oc2ccccc23)cc(C(C)C)c1-n1ccnc1-c1ccccc1. The Labute approximate surface area is 212 Å². The zero-order valence-corrected chi connectivity index (χ0v) is 21.2. The molecule has 0 saturated heterocycles. The third kappa shape index (κ3) is 3.63. The molecule has 0 saturated carbocycles. The smallest absolute Gasteiger partial charge is 0.144 e. The van der Waals surface area contributed by atoms with Gasteiger partial charge in [-0.2, -0.15) is 0 Å². The maximum absolute atomic E-state index is 6.40. The summed E-state index contributed by atoms with van der Waals surface area (Å²) in [4.78, 5) is 4.76. The second-order valence-electron chi connectivity index (χ2n) is 10.1. The van der Waals surface area contributed by atoms with Crippen molar-refractivity contribution >= 4 is 21.9 Å². The highest BCUT2D eigenvalue weighted by Crippen LogP contribution is 2.41. The van der Waals surface area contributed by atoms with Crippen LogP contribution in [0.3, 0.4) is 0 Å². The van der Waals surface area contributed by atoms with Crippen LogP contribution in [0.25, 0.3) is 50.1 Å². The summed E-state index contributed by atoms with van der Waals surface area (Å²) in [5.74, 6) is 1.63. The first-order valence-corrected chi connectivity index (χ1v) is 12.7. The van der Waals surface area contributed by atoms with Crippen molar-refractivity contribution in [3.63, 3.8) is 0 Å². The van der Waals surface area contributed by atoms with Gasteiger partial charge < -0.3 is 4.42 Å². The highest BCUT2D eigenvalue weighted by molar-refractivity contribution is 6.09. The third-order valence-electron chi connectivity index (χ3n) is 7.04. The molecule has 0 N–H and O–H groups in total. The Morgan fingerprint density at radius 2 is 1.36 bits per heavy atom. The minimum Gasteiger partial charge on any atom is -0.455 e. The molecule has 6 rings (SSSR count). The van der Waals surface area contributed by atoms with Gasteiger partial charge in [0.1, 0.15) is 17.0 Å². The van der Waals surface area contributed by atoms with Crippen LogP contribution in [0.4, 0.5) is 0 Å². The molecule has 2 aromatic heterocycles. The van der Waals surface area contributed by atoms with E-state index in [1.807, 2.05) is 24.4 Å². The molecule has 36 heavy (non-hydrogen) atoms. The van der Waals surface area contributed by atoms with Crippen LogP contribution in [0.5, 0.6) is 0 Å². The second-order valence-corrected chi connectivity index (χ2v) is 10.1. The minimum absolute atomic E-state index is 0.332. The molecule has 0 spiro atoms. The Morgan fingerprint density at radius 1 is 0.694 bits per heavy atom. The molecule has 0 unspecified atom stereocenters. The highest BCUT2D eigenvalue weighted by atomic mass is 16.3. The van der Waals surface area contributed by atoms with E-state index in [0.717, 1.165) is 38.9 Å². The first-order valence-electron chi connectivity index (χ1n) is 12.7. The van der Waals surface area contributed by atoms with Gasteiger partial charge in [0, 0.05) is 34.3 Å². The zero-order chi connectivity index (χ0) is 24.8. The number of rotatable bonds is 5. The average Bonchev–Trinajstić information content (AvgIpc) is 3.53. The molecule has 0 aliphatic rings. The maximum atomic E-state index is 6.40. The number of hydrogen-bond acceptors (Lipinski definition) is 2. The molecule has 0 radical (unpaired) electrons. The van der Waals surface area contributed by atoms with Gasteiger partial charge in [-0.1, -0.05) is 94.4 Å². The van der Waals surface area contributed by atoms with E-state index < -0.39 is 0 Å². The van der Waals surface area contributed by atoms with Gasteiger partial charge in [0.15, 0.2) is 0 Å². The highest BCUT2D eigenvalue weighted by Gasteiger charge is 2.22. The standard InChI is InChI=1S/C33H30N2O/c1-21(2)28-19-24(25-14-10-15-27-26-13-8-9-16-30(26)36-32(25)27)20-29(22(3)4)31(28)35-18-17-34-33(35)23-11-6-5-7-12-23/h5-22H,1-4H3. The Kier molecular flexibility index (Phi) is 5.49. The van der Waals surface area contributed by atoms with E-state index in [-0.39, 0.29) is 0 Å². The fourth-order valence-electron chi connectivity index (χ4n) is 5.25. The number of furan rings is 1. The van der Waals surface area contributed by atoms with Gasteiger partial charge in [0.05, 0.1) is 5.69 Å². The fraction of sp³-hybridized carbons (Fsp3) is 0.182. The van der Waals surface area contributed by atoms with Crippen molar-refractivity contribution in [3.05, 3.63) is 108 Å². The monoisotopic (exact) mass is 470 g/mol. The summed E-state index contributed by atoms with van der Waals surface area (Å²) >= 11 is 0. The lowest BCUT2D eigenvalue weighted by molar-refractivity contribution is 0.670. The molecule has 0 aliphatic carbocycles. The third-order valence-corrected chi connectivity index (χ3v) is 7.04. The van der Waals surface area contributed by atoms with Crippen LogP contribution in [-0.2, 0) is 0 Å². The van der Waals surface area contributed by atoms with Crippen LogP contribution in [-0.4, -0.2) is 9.55 Å². The Hall–Kier alpha value is -4.11. The van der Waals surface area contributed by atoms with Gasteiger partial charge in [0.2, 0.25) is 0 Å². The predicted octanol–water partition coefficient (Wildman–Crippen LogP) is 9.35. The van der Waals surface area contributed by atoms with Gasteiger partial charge in [-0.3, -0.25) is 4.57 Å². The van der Waals surface area contributed by atoms with Crippen LogP contribution >= 0.6 is 0 Å². The summed E-state index contributed by atoms with van der Waals surface area (Å²) in [6, 6.07) is 29.9. The van der Waals surface area contributed by atoms with Crippen molar-refractivity contribution in [2.45, 2.75) is 39.5 Å². The number of imidazole rings is 1. The lowest BCUT2D eigenvalue weighted by Gasteiger charge is -2.23. The Balaban J connectivity index is 1.62. The molecule has 0 atom stereocenters. The van der Waals surface area contributed by atoms with E-state index in [4.69, 9.17) is 9.40 Å². The van der Waals surface area contributed by atoms with E-state index in [1.54, 1.807) is 0 Å². The van der Waals surface area contributed by atoms with E-state index in [0.29, 0.717) is 11.8 Å². The second kappa shape index (κ2) is 8.83. The molecule has 3 nitrogen and oxygen atoms in total. The minimum atomic E-state index is 0.332. The van der Waals surface area contributed by atoms with Gasteiger partial charge in [0.25, 0.3) is 0 Å². The Bertz CT molecular complexity index is 1660. The van der Waals surface area contributed by atoms with Crippen molar-refractivity contribution < 1.29 is 4.42 Å². The lowest BCUT2D eigenvalue weighted by atomic mass is 9.87. The molecule has 178 valence electrons. The van der Waals surface area contributed by atoms with E-state index in [9.17, 15) is 0 Å². The average molecular weight is 471 g/mol. The first-order chi connectivity index (χ1) is 17.5. The first kappa shape index (κ1) is 22.4. The van der Waals surface area contributed by atoms with Crippen LogP contribution in [0.15, 0.2) is 102 Å². The topological polar surface area (TPSA) is 31.0 Å². The Morgan fingerprint density at radius 3 is 2.08 bits per heavy atom. The molecular formula is C33H30N2O. The summed E-state index contributed by atoms with van der Waals surface area (Å²) in [6.45, 7) is 9.09. The van der Waals surface area contributed by atoms with Gasteiger partial charge in [-0.15, -0.1) is 0 Å². The predicted molar refractivity (Wildman–Crippen MR) is 150 cm³/mol. The summed E-state index contributed by atoms with van der Waals surface area (Å²) in [6.07, 6.45) is 3.99. The molecule has 0 fully saturated rings. The number of fused-ring (bicyclic) bond motifs is 3. The fourth-order valence-corrected chi connectivity index (χ4v) is 5.25. The summed E-state index contributed by atoms with van der Waals surface area (Å²) in [7, 11) is 0. The normalized spacial score (nSPS) is 11.8. The molecule has 2 heterocycles. The van der Waals surface area contributed by atoms with Crippen LogP contribution in [0, 0.1) is 0 Å². The van der Waals surface area contributed by atoms with Gasteiger partial charge in [-0.25, -0.2) is 4.98 Å². The largest absolute Gasteiger partial charge is 0.455 e. The molecule has 4 aromatic carbocycles. The number of nitrogens with zero attached hydrogens (tertiary/aromatic N) is 2. The lowest BCUT2D eigenvalue weighted by Crippen LogP contribution is -2.08. The number of para-hydroxylation sites is 2. The van der Waals surface area contributed by atoms with E-state index >= 15 is 0 Å². The maximum Gasteiger partial charge on any atom is 0.144 e. The number of benzene rings is 4. The van der Waals surface area contributed by atoms with Crippen molar-refractivity contribution in [1.82, 2.24) is 9.55 Å². The van der Waals surface area contributed by atoms with E-state index in [2.05, 4.69) is 105 Å². The number of aromatic nitrogens is 2. The molecular weight excluding hydrogens is 440 g/mol. The summed E-state index contributed by atoms with van der Waals surface area (Å²) < 4.78 is 8.67. The summed E-state index contributed by atoms with van der Waals surface area (Å²) in [5, 5.41) is 2.32. The molecule has 6 aromatic rings. The molecule has 0 aliphatic heterocycles. The molecule has 3 heteroatoms. The van der Waals surface area contributed by atoms with Crippen molar-refractivity contribution in [1.29, 1.82) is 0 Å². The quantitative estimate of drug-likeness (QED) is 0.251. The summed E-state index contributed by atoms with van der Waals surface area (Å²) in [5.41, 5.74) is 9.16. The van der Waals surface area contributed by atoms with Gasteiger partial charge in [-0.05, 0) is 46.7 Å². The zero-order valence-electron chi connectivity index (χ0n) is 21.2.